The molecule has 0 bridgehead atoms. The van der Waals surface area contributed by atoms with Crippen molar-refractivity contribution in [1.82, 2.24) is 15.4 Å². The number of hydrogen-bond acceptors (Lipinski definition) is 5. The van der Waals surface area contributed by atoms with Crippen LogP contribution in [0.5, 0.6) is 0 Å². The summed E-state index contributed by atoms with van der Waals surface area (Å²) in [6.07, 6.45) is 2.13. The zero-order valence-corrected chi connectivity index (χ0v) is 14.2. The van der Waals surface area contributed by atoms with Gasteiger partial charge in [0.25, 0.3) is 5.91 Å². The minimum Gasteiger partial charge on any atom is -0.355 e. The van der Waals surface area contributed by atoms with E-state index in [0.29, 0.717) is 27.6 Å². The van der Waals surface area contributed by atoms with Crippen molar-refractivity contribution in [2.45, 2.75) is 12.8 Å². The number of thiophene rings is 1. The second-order valence-corrected chi connectivity index (χ2v) is 7.94. The zero-order valence-electron chi connectivity index (χ0n) is 12.6. The normalized spacial score (nSPS) is 24.5. The molecular formula is C16H18ClN3O2S. The Hall–Kier alpha value is -1.37. The Bertz CT molecular complexity index is 700. The van der Waals surface area contributed by atoms with E-state index < -0.39 is 0 Å². The number of rotatable bonds is 2. The summed E-state index contributed by atoms with van der Waals surface area (Å²) < 4.78 is 6.02. The fourth-order valence-electron chi connectivity index (χ4n) is 3.52. The lowest BCUT2D eigenvalue weighted by Gasteiger charge is -2.19. The van der Waals surface area contributed by atoms with Crippen LogP contribution in [0, 0.1) is 11.8 Å². The number of aromatic nitrogens is 1. The standard InChI is InChI=1S/C16H18ClN3O2S/c17-15-2-1-14(23-15)13-7-12(19-22-13)16(21)20-5-3-10-8-18-9-11(10)4-6-20/h1-2,7,10-11,18H,3-6,8-9H2/t10-,11+. The van der Waals surface area contributed by atoms with Crippen molar-refractivity contribution < 1.29 is 9.32 Å². The number of halogens is 1. The van der Waals surface area contributed by atoms with Crippen LogP contribution >= 0.6 is 22.9 Å². The molecule has 1 amide bonds. The van der Waals surface area contributed by atoms with Crippen LogP contribution in [0.25, 0.3) is 10.6 Å². The van der Waals surface area contributed by atoms with E-state index in [2.05, 4.69) is 10.5 Å². The van der Waals surface area contributed by atoms with Crippen LogP contribution in [0.3, 0.4) is 0 Å². The summed E-state index contributed by atoms with van der Waals surface area (Å²) in [5.41, 5.74) is 0.384. The van der Waals surface area contributed by atoms with Crippen LogP contribution in [-0.4, -0.2) is 42.1 Å². The molecule has 2 atom stereocenters. The van der Waals surface area contributed by atoms with Crippen molar-refractivity contribution in [1.29, 1.82) is 0 Å². The number of carbonyl (C=O) groups excluding carboxylic acids is 1. The van der Waals surface area contributed by atoms with E-state index in [-0.39, 0.29) is 5.91 Å². The molecule has 0 aromatic carbocycles. The van der Waals surface area contributed by atoms with Gasteiger partial charge in [0.2, 0.25) is 0 Å². The van der Waals surface area contributed by atoms with Gasteiger partial charge in [0.15, 0.2) is 11.5 Å². The molecule has 0 radical (unpaired) electrons. The second-order valence-electron chi connectivity index (χ2n) is 6.23. The molecule has 0 spiro atoms. The van der Waals surface area contributed by atoms with Gasteiger partial charge in [0, 0.05) is 19.2 Å². The summed E-state index contributed by atoms with van der Waals surface area (Å²) in [6, 6.07) is 5.41. The number of carbonyl (C=O) groups is 1. The molecule has 0 saturated carbocycles. The highest BCUT2D eigenvalue weighted by Gasteiger charge is 2.32. The largest absolute Gasteiger partial charge is 0.355 e. The van der Waals surface area contributed by atoms with Crippen LogP contribution in [0.4, 0.5) is 0 Å². The maximum absolute atomic E-state index is 12.7. The number of likely N-dealkylation sites (tertiary alicyclic amines) is 1. The summed E-state index contributed by atoms with van der Waals surface area (Å²) in [4.78, 5) is 15.5. The first-order valence-corrected chi connectivity index (χ1v) is 9.12. The van der Waals surface area contributed by atoms with Crippen molar-refractivity contribution in [3.05, 3.63) is 28.2 Å². The Kier molecular flexibility index (Phi) is 4.13. The Labute approximate surface area is 143 Å². The molecule has 0 aliphatic carbocycles. The fourth-order valence-corrected chi connectivity index (χ4v) is 4.51. The number of amides is 1. The Morgan fingerprint density at radius 1 is 1.30 bits per heavy atom. The van der Waals surface area contributed by atoms with Crippen molar-refractivity contribution in [3.63, 3.8) is 0 Å². The van der Waals surface area contributed by atoms with Gasteiger partial charge < -0.3 is 14.7 Å². The lowest BCUT2D eigenvalue weighted by Crippen LogP contribution is -2.32. The van der Waals surface area contributed by atoms with E-state index in [1.54, 1.807) is 6.07 Å². The Balaban J connectivity index is 1.47. The van der Waals surface area contributed by atoms with Gasteiger partial charge in [-0.25, -0.2) is 0 Å². The predicted molar refractivity (Wildman–Crippen MR) is 89.8 cm³/mol. The average Bonchev–Trinajstić information content (AvgIpc) is 3.26. The third-order valence-electron chi connectivity index (χ3n) is 4.85. The van der Waals surface area contributed by atoms with Gasteiger partial charge in [-0.2, -0.15) is 0 Å². The molecule has 7 heteroatoms. The molecule has 1 N–H and O–H groups in total. The summed E-state index contributed by atoms with van der Waals surface area (Å²) >= 11 is 7.36. The smallest absolute Gasteiger partial charge is 0.276 e. The van der Waals surface area contributed by atoms with Crippen LogP contribution in [-0.2, 0) is 0 Å². The van der Waals surface area contributed by atoms with E-state index in [1.807, 2.05) is 17.0 Å². The predicted octanol–water partition coefficient (Wildman–Crippen LogP) is 3.13. The third-order valence-corrected chi connectivity index (χ3v) is 6.10. The first-order valence-electron chi connectivity index (χ1n) is 7.93. The van der Waals surface area contributed by atoms with Crippen molar-refractivity contribution in [2.24, 2.45) is 11.8 Å². The van der Waals surface area contributed by atoms with E-state index >= 15 is 0 Å². The number of hydrogen-bond donors (Lipinski definition) is 1. The molecule has 2 aromatic heterocycles. The molecule has 4 heterocycles. The minimum atomic E-state index is -0.0319. The van der Waals surface area contributed by atoms with E-state index in [0.717, 1.165) is 43.9 Å². The molecule has 2 aromatic rings. The molecule has 122 valence electrons. The van der Waals surface area contributed by atoms with E-state index in [9.17, 15) is 4.79 Å². The Morgan fingerprint density at radius 2 is 2.04 bits per heavy atom. The van der Waals surface area contributed by atoms with Gasteiger partial charge in [-0.15, -0.1) is 11.3 Å². The Morgan fingerprint density at radius 3 is 2.70 bits per heavy atom. The SMILES string of the molecule is O=C(c1cc(-c2ccc(Cl)s2)on1)N1CC[C@@H]2CNC[C@@H]2CC1. The van der Waals surface area contributed by atoms with Crippen LogP contribution < -0.4 is 5.32 Å². The van der Waals surface area contributed by atoms with E-state index in [1.165, 1.54) is 11.3 Å². The van der Waals surface area contributed by atoms with Gasteiger partial charge in [-0.05, 0) is 49.9 Å². The van der Waals surface area contributed by atoms with Crippen LogP contribution in [0.2, 0.25) is 4.34 Å². The van der Waals surface area contributed by atoms with Crippen LogP contribution in [0.15, 0.2) is 22.7 Å². The molecule has 4 rings (SSSR count). The number of nitrogens with one attached hydrogen (secondary N) is 1. The summed E-state index contributed by atoms with van der Waals surface area (Å²) in [6.45, 7) is 3.77. The van der Waals surface area contributed by atoms with Crippen molar-refractivity contribution >= 4 is 28.8 Å². The van der Waals surface area contributed by atoms with Gasteiger partial charge in [0.05, 0.1) is 9.21 Å². The van der Waals surface area contributed by atoms with Gasteiger partial charge in [-0.3, -0.25) is 4.79 Å². The monoisotopic (exact) mass is 351 g/mol. The lowest BCUT2D eigenvalue weighted by atomic mass is 9.92. The van der Waals surface area contributed by atoms with Crippen molar-refractivity contribution in [3.8, 4) is 10.6 Å². The quantitative estimate of drug-likeness (QED) is 0.903. The average molecular weight is 352 g/mol. The zero-order chi connectivity index (χ0) is 15.8. The fraction of sp³-hybridized carbons (Fsp3) is 0.500. The maximum atomic E-state index is 12.7. The molecule has 2 aliphatic rings. The molecule has 0 unspecified atom stereocenters. The molecule has 2 saturated heterocycles. The first kappa shape index (κ1) is 15.2. The third kappa shape index (κ3) is 3.03. The summed E-state index contributed by atoms with van der Waals surface area (Å²) in [7, 11) is 0. The number of fused-ring (bicyclic) bond motifs is 1. The lowest BCUT2D eigenvalue weighted by molar-refractivity contribution is 0.0748. The highest BCUT2D eigenvalue weighted by Crippen LogP contribution is 2.32. The molecule has 2 aliphatic heterocycles. The van der Waals surface area contributed by atoms with Crippen molar-refractivity contribution in [2.75, 3.05) is 26.2 Å². The molecule has 2 fully saturated rings. The van der Waals surface area contributed by atoms with Gasteiger partial charge >= 0.3 is 0 Å². The molecular weight excluding hydrogens is 334 g/mol. The first-order chi connectivity index (χ1) is 11.2. The molecule has 23 heavy (non-hydrogen) atoms. The van der Waals surface area contributed by atoms with Crippen LogP contribution in [0.1, 0.15) is 23.3 Å². The second kappa shape index (κ2) is 6.26. The summed E-state index contributed by atoms with van der Waals surface area (Å²) in [5, 5.41) is 7.42. The van der Waals surface area contributed by atoms with Gasteiger partial charge in [-0.1, -0.05) is 16.8 Å². The highest BCUT2D eigenvalue weighted by atomic mass is 35.5. The van der Waals surface area contributed by atoms with Gasteiger partial charge in [0.1, 0.15) is 0 Å². The maximum Gasteiger partial charge on any atom is 0.276 e. The highest BCUT2D eigenvalue weighted by molar-refractivity contribution is 7.19. The summed E-state index contributed by atoms with van der Waals surface area (Å²) in [5.74, 6) is 1.97. The topological polar surface area (TPSA) is 58.4 Å². The van der Waals surface area contributed by atoms with E-state index in [4.69, 9.17) is 16.1 Å². The number of nitrogens with zero attached hydrogens (tertiary/aromatic N) is 2. The molecule has 5 nitrogen and oxygen atoms in total. The minimum absolute atomic E-state index is 0.0319.